The van der Waals surface area contributed by atoms with Crippen LogP contribution in [0, 0.1) is 0 Å². The number of para-hydroxylation sites is 1. The first-order valence-electron chi connectivity index (χ1n) is 6.25. The van der Waals surface area contributed by atoms with Crippen molar-refractivity contribution in [2.24, 2.45) is 0 Å². The van der Waals surface area contributed by atoms with Gasteiger partial charge in [0.05, 0.1) is 5.88 Å². The Balaban J connectivity index is 1.95. The molecule has 0 spiro atoms. The number of alkyl halides is 1. The SMILES string of the molecule is C[C@@H](Cc1c[nH]c2ccccc12)NC(=O)OCCCl. The van der Waals surface area contributed by atoms with Crippen LogP contribution in [0.15, 0.2) is 30.5 Å². The molecule has 0 fully saturated rings. The third-order valence-electron chi connectivity index (χ3n) is 2.88. The molecule has 1 amide bonds. The van der Waals surface area contributed by atoms with Crippen LogP contribution in [0.3, 0.4) is 0 Å². The van der Waals surface area contributed by atoms with Crippen molar-refractivity contribution in [3.8, 4) is 0 Å². The van der Waals surface area contributed by atoms with Gasteiger partial charge in [-0.05, 0) is 25.0 Å². The number of hydrogen-bond acceptors (Lipinski definition) is 2. The summed E-state index contributed by atoms with van der Waals surface area (Å²) in [6, 6.07) is 8.10. The Morgan fingerprint density at radius 3 is 3.05 bits per heavy atom. The Bertz CT molecular complexity index is 553. The fourth-order valence-electron chi connectivity index (χ4n) is 2.06. The van der Waals surface area contributed by atoms with Gasteiger partial charge < -0.3 is 15.0 Å². The smallest absolute Gasteiger partial charge is 0.407 e. The van der Waals surface area contributed by atoms with Gasteiger partial charge in [-0.1, -0.05) is 18.2 Å². The second-order valence-corrected chi connectivity index (χ2v) is 4.81. The van der Waals surface area contributed by atoms with Crippen molar-refractivity contribution in [2.45, 2.75) is 19.4 Å². The average molecular weight is 281 g/mol. The number of halogens is 1. The lowest BCUT2D eigenvalue weighted by Crippen LogP contribution is -2.34. The Labute approximate surface area is 117 Å². The Hall–Kier alpha value is -1.68. The minimum absolute atomic E-state index is 0.00188. The molecule has 0 saturated carbocycles. The van der Waals surface area contributed by atoms with Gasteiger partial charge in [0.25, 0.3) is 0 Å². The zero-order valence-electron chi connectivity index (χ0n) is 10.8. The summed E-state index contributed by atoms with van der Waals surface area (Å²) >= 11 is 5.45. The molecule has 4 nitrogen and oxygen atoms in total. The van der Waals surface area contributed by atoms with E-state index in [1.54, 1.807) is 0 Å². The summed E-state index contributed by atoms with van der Waals surface area (Å²) in [5, 5.41) is 3.97. The lowest BCUT2D eigenvalue weighted by Gasteiger charge is -2.13. The maximum atomic E-state index is 11.4. The molecular weight excluding hydrogens is 264 g/mol. The van der Waals surface area contributed by atoms with Gasteiger partial charge in [-0.15, -0.1) is 11.6 Å². The number of aromatic amines is 1. The van der Waals surface area contributed by atoms with E-state index in [1.807, 2.05) is 31.3 Å². The fourth-order valence-corrected chi connectivity index (χ4v) is 2.13. The van der Waals surface area contributed by atoms with Crippen molar-refractivity contribution in [1.82, 2.24) is 10.3 Å². The number of ether oxygens (including phenoxy) is 1. The highest BCUT2D eigenvalue weighted by Crippen LogP contribution is 2.18. The number of hydrogen-bond donors (Lipinski definition) is 2. The highest BCUT2D eigenvalue weighted by atomic mass is 35.5. The van der Waals surface area contributed by atoms with E-state index in [9.17, 15) is 4.79 Å². The molecule has 0 aliphatic carbocycles. The zero-order valence-corrected chi connectivity index (χ0v) is 11.5. The molecule has 0 aliphatic rings. The number of fused-ring (bicyclic) bond motifs is 1. The van der Waals surface area contributed by atoms with Crippen LogP contribution in [0.25, 0.3) is 10.9 Å². The predicted octanol–water partition coefficient (Wildman–Crippen LogP) is 3.06. The van der Waals surface area contributed by atoms with Crippen molar-refractivity contribution in [3.63, 3.8) is 0 Å². The summed E-state index contributed by atoms with van der Waals surface area (Å²) in [5.41, 5.74) is 2.29. The van der Waals surface area contributed by atoms with Gasteiger partial charge in [0.1, 0.15) is 6.61 Å². The van der Waals surface area contributed by atoms with E-state index in [0.717, 1.165) is 11.9 Å². The molecule has 1 aromatic heterocycles. The molecule has 0 aliphatic heterocycles. The minimum Gasteiger partial charge on any atom is -0.448 e. The van der Waals surface area contributed by atoms with E-state index in [0.29, 0.717) is 5.88 Å². The second kappa shape index (κ2) is 6.48. The molecule has 0 radical (unpaired) electrons. The fraction of sp³-hybridized carbons (Fsp3) is 0.357. The number of rotatable bonds is 5. The summed E-state index contributed by atoms with van der Waals surface area (Å²) in [6.07, 6.45) is 2.31. The maximum absolute atomic E-state index is 11.4. The molecule has 102 valence electrons. The normalized spacial score (nSPS) is 12.3. The quantitative estimate of drug-likeness (QED) is 0.827. The van der Waals surface area contributed by atoms with Crippen LogP contribution in [-0.4, -0.2) is 29.6 Å². The first kappa shape index (κ1) is 13.7. The molecule has 5 heteroatoms. The van der Waals surface area contributed by atoms with Gasteiger partial charge in [0, 0.05) is 23.1 Å². The van der Waals surface area contributed by atoms with E-state index in [1.165, 1.54) is 10.9 Å². The molecule has 2 N–H and O–H groups in total. The highest BCUT2D eigenvalue weighted by Gasteiger charge is 2.11. The van der Waals surface area contributed by atoms with Crippen LogP contribution >= 0.6 is 11.6 Å². The van der Waals surface area contributed by atoms with Crippen LogP contribution < -0.4 is 5.32 Å². The summed E-state index contributed by atoms with van der Waals surface area (Å²) in [7, 11) is 0. The summed E-state index contributed by atoms with van der Waals surface area (Å²) in [6.45, 7) is 2.18. The summed E-state index contributed by atoms with van der Waals surface area (Å²) in [4.78, 5) is 14.6. The first-order chi connectivity index (χ1) is 9.20. The molecule has 2 aromatic rings. The Morgan fingerprint density at radius 1 is 1.47 bits per heavy atom. The van der Waals surface area contributed by atoms with Crippen molar-refractivity contribution in [1.29, 1.82) is 0 Å². The third-order valence-corrected chi connectivity index (χ3v) is 3.03. The van der Waals surface area contributed by atoms with Crippen LogP contribution in [0.5, 0.6) is 0 Å². The molecule has 1 heterocycles. The number of carbonyl (C=O) groups is 1. The van der Waals surface area contributed by atoms with Crippen molar-refractivity contribution >= 4 is 28.6 Å². The average Bonchev–Trinajstić information content (AvgIpc) is 2.80. The van der Waals surface area contributed by atoms with E-state index in [4.69, 9.17) is 16.3 Å². The van der Waals surface area contributed by atoms with Crippen molar-refractivity contribution in [2.75, 3.05) is 12.5 Å². The number of amides is 1. The highest BCUT2D eigenvalue weighted by molar-refractivity contribution is 6.18. The van der Waals surface area contributed by atoms with E-state index in [2.05, 4.69) is 16.4 Å². The molecule has 19 heavy (non-hydrogen) atoms. The molecule has 0 saturated heterocycles. The maximum Gasteiger partial charge on any atom is 0.407 e. The zero-order chi connectivity index (χ0) is 13.7. The standard InChI is InChI=1S/C14H17ClN2O2/c1-10(17-14(18)19-7-6-15)8-11-9-16-13-5-3-2-4-12(11)13/h2-5,9-10,16H,6-8H2,1H3,(H,17,18)/t10-/m0/s1. The number of benzene rings is 1. The Morgan fingerprint density at radius 2 is 2.26 bits per heavy atom. The number of alkyl carbamates (subject to hydrolysis) is 1. The lowest BCUT2D eigenvalue weighted by atomic mass is 10.1. The molecule has 2 rings (SSSR count). The largest absolute Gasteiger partial charge is 0.448 e. The van der Waals surface area contributed by atoms with Gasteiger partial charge in [-0.2, -0.15) is 0 Å². The number of aromatic nitrogens is 1. The number of nitrogens with one attached hydrogen (secondary N) is 2. The Kier molecular flexibility index (Phi) is 4.68. The van der Waals surface area contributed by atoms with Crippen LogP contribution in [0.1, 0.15) is 12.5 Å². The second-order valence-electron chi connectivity index (χ2n) is 4.43. The van der Waals surface area contributed by atoms with E-state index in [-0.39, 0.29) is 12.6 Å². The van der Waals surface area contributed by atoms with Gasteiger partial charge >= 0.3 is 6.09 Å². The molecule has 0 unspecified atom stereocenters. The number of carbonyl (C=O) groups excluding carboxylic acids is 1. The topological polar surface area (TPSA) is 54.1 Å². The van der Waals surface area contributed by atoms with Crippen molar-refractivity contribution in [3.05, 3.63) is 36.0 Å². The molecule has 1 aromatic carbocycles. The van der Waals surface area contributed by atoms with Crippen LogP contribution in [-0.2, 0) is 11.2 Å². The van der Waals surface area contributed by atoms with Gasteiger partial charge in [-0.3, -0.25) is 0 Å². The number of H-pyrrole nitrogens is 1. The molecule has 0 bridgehead atoms. The lowest BCUT2D eigenvalue weighted by molar-refractivity contribution is 0.149. The van der Waals surface area contributed by atoms with E-state index >= 15 is 0 Å². The van der Waals surface area contributed by atoms with Gasteiger partial charge in [-0.25, -0.2) is 4.79 Å². The van der Waals surface area contributed by atoms with Crippen LogP contribution in [0.4, 0.5) is 4.79 Å². The molecular formula is C14H17ClN2O2. The monoisotopic (exact) mass is 280 g/mol. The molecule has 1 atom stereocenters. The third kappa shape index (κ3) is 3.64. The minimum atomic E-state index is -0.423. The van der Waals surface area contributed by atoms with Crippen molar-refractivity contribution < 1.29 is 9.53 Å². The first-order valence-corrected chi connectivity index (χ1v) is 6.78. The summed E-state index contributed by atoms with van der Waals surface area (Å²) < 4.78 is 4.88. The predicted molar refractivity (Wildman–Crippen MR) is 76.7 cm³/mol. The summed E-state index contributed by atoms with van der Waals surface area (Å²) in [5.74, 6) is 0.310. The van der Waals surface area contributed by atoms with Gasteiger partial charge in [0.2, 0.25) is 0 Å². The van der Waals surface area contributed by atoms with Crippen LogP contribution in [0.2, 0.25) is 0 Å². The van der Waals surface area contributed by atoms with E-state index < -0.39 is 6.09 Å². The van der Waals surface area contributed by atoms with Gasteiger partial charge in [0.15, 0.2) is 0 Å².